The molecule has 15 heavy (non-hydrogen) atoms. The van der Waals surface area contributed by atoms with E-state index in [1.165, 1.54) is 6.07 Å². The predicted molar refractivity (Wildman–Crippen MR) is 50.5 cm³/mol. The molecule has 4 nitrogen and oxygen atoms in total. The van der Waals surface area contributed by atoms with Crippen LogP contribution in [0.4, 0.5) is 4.39 Å². The van der Waals surface area contributed by atoms with Crippen molar-refractivity contribution in [2.75, 3.05) is 13.4 Å². The second-order valence-corrected chi connectivity index (χ2v) is 2.70. The summed E-state index contributed by atoms with van der Waals surface area (Å²) in [5, 5.41) is 8.76. The first kappa shape index (κ1) is 11.5. The highest BCUT2D eigenvalue weighted by Crippen LogP contribution is 2.19. The highest BCUT2D eigenvalue weighted by Gasteiger charge is 2.12. The van der Waals surface area contributed by atoms with Gasteiger partial charge in [0, 0.05) is 6.61 Å². The zero-order valence-electron chi connectivity index (χ0n) is 8.20. The molecule has 0 saturated heterocycles. The summed E-state index contributed by atoms with van der Waals surface area (Å²) < 4.78 is 22.7. The molecule has 1 aromatic carbocycles. The molecule has 82 valence electrons. The maximum absolute atomic E-state index is 12.7. The molecule has 0 amide bonds. The maximum Gasteiger partial charge on any atom is 0.339 e. The lowest BCUT2D eigenvalue weighted by Gasteiger charge is -2.08. The molecule has 0 fully saturated rings. The van der Waals surface area contributed by atoms with Crippen LogP contribution in [0.2, 0.25) is 0 Å². The zero-order chi connectivity index (χ0) is 11.3. The normalized spacial score (nSPS) is 10.0. The van der Waals surface area contributed by atoms with Crippen molar-refractivity contribution in [2.24, 2.45) is 0 Å². The molecule has 1 rings (SSSR count). The molecule has 0 bridgehead atoms. The van der Waals surface area contributed by atoms with Crippen LogP contribution in [0.1, 0.15) is 17.3 Å². The topological polar surface area (TPSA) is 55.8 Å². The lowest BCUT2D eigenvalue weighted by Crippen LogP contribution is -2.07. The molecule has 0 atom stereocenters. The molecule has 0 aromatic heterocycles. The van der Waals surface area contributed by atoms with E-state index in [1.54, 1.807) is 6.92 Å². The Labute approximate surface area is 86.2 Å². The zero-order valence-corrected chi connectivity index (χ0v) is 8.20. The fourth-order valence-corrected chi connectivity index (χ4v) is 0.984. The van der Waals surface area contributed by atoms with Crippen molar-refractivity contribution in [3.05, 3.63) is 29.6 Å². The number of carboxylic acid groups (broad SMARTS) is 1. The molecular weight excluding hydrogens is 203 g/mol. The van der Waals surface area contributed by atoms with Crippen molar-refractivity contribution in [1.29, 1.82) is 0 Å². The van der Waals surface area contributed by atoms with Gasteiger partial charge in [0.15, 0.2) is 6.79 Å². The number of hydrogen-bond donors (Lipinski definition) is 1. The van der Waals surface area contributed by atoms with Crippen molar-refractivity contribution in [1.82, 2.24) is 0 Å². The molecule has 0 unspecified atom stereocenters. The van der Waals surface area contributed by atoms with Crippen LogP contribution in [-0.4, -0.2) is 24.5 Å². The average molecular weight is 214 g/mol. The van der Waals surface area contributed by atoms with Crippen molar-refractivity contribution >= 4 is 5.97 Å². The number of ether oxygens (including phenoxy) is 2. The van der Waals surface area contributed by atoms with Crippen LogP contribution in [0.3, 0.4) is 0 Å². The van der Waals surface area contributed by atoms with Gasteiger partial charge in [0.05, 0.1) is 0 Å². The van der Waals surface area contributed by atoms with Gasteiger partial charge in [0.2, 0.25) is 0 Å². The van der Waals surface area contributed by atoms with Crippen molar-refractivity contribution in [3.63, 3.8) is 0 Å². The van der Waals surface area contributed by atoms with Gasteiger partial charge in [-0.15, -0.1) is 0 Å². The van der Waals surface area contributed by atoms with Gasteiger partial charge in [0.25, 0.3) is 0 Å². The smallest absolute Gasteiger partial charge is 0.339 e. The number of rotatable bonds is 5. The Kier molecular flexibility index (Phi) is 4.05. The largest absolute Gasteiger partial charge is 0.478 e. The minimum absolute atomic E-state index is 0.0532. The quantitative estimate of drug-likeness (QED) is 0.600. The third-order valence-electron chi connectivity index (χ3n) is 1.67. The summed E-state index contributed by atoms with van der Waals surface area (Å²) in [7, 11) is 0. The molecule has 1 aromatic rings. The van der Waals surface area contributed by atoms with E-state index in [0.29, 0.717) is 6.61 Å². The summed E-state index contributed by atoms with van der Waals surface area (Å²) in [5.41, 5.74) is -0.213. The minimum atomic E-state index is -1.24. The Hall–Kier alpha value is -1.62. The first-order valence-electron chi connectivity index (χ1n) is 4.38. The van der Waals surface area contributed by atoms with E-state index in [9.17, 15) is 9.18 Å². The van der Waals surface area contributed by atoms with Crippen LogP contribution in [0.5, 0.6) is 5.75 Å². The Bertz CT molecular complexity index is 351. The first-order chi connectivity index (χ1) is 7.15. The molecule has 0 spiro atoms. The van der Waals surface area contributed by atoms with Crippen LogP contribution >= 0.6 is 0 Å². The molecule has 0 heterocycles. The van der Waals surface area contributed by atoms with Gasteiger partial charge in [-0.2, -0.15) is 0 Å². The summed E-state index contributed by atoms with van der Waals surface area (Å²) in [6.45, 7) is 2.19. The van der Waals surface area contributed by atoms with E-state index in [-0.39, 0.29) is 18.1 Å². The summed E-state index contributed by atoms with van der Waals surface area (Å²) in [5.74, 6) is -1.76. The number of hydrogen-bond acceptors (Lipinski definition) is 3. The number of aromatic carboxylic acids is 1. The highest BCUT2D eigenvalue weighted by atomic mass is 19.1. The van der Waals surface area contributed by atoms with E-state index in [1.807, 2.05) is 0 Å². The van der Waals surface area contributed by atoms with Gasteiger partial charge in [-0.05, 0) is 25.1 Å². The van der Waals surface area contributed by atoms with Crippen molar-refractivity contribution in [2.45, 2.75) is 6.92 Å². The molecular formula is C10H11FO4. The number of carboxylic acids is 1. The predicted octanol–water partition coefficient (Wildman–Crippen LogP) is 1.90. The van der Waals surface area contributed by atoms with Crippen LogP contribution in [0.25, 0.3) is 0 Å². The standard InChI is InChI=1S/C10H11FO4/c1-2-14-6-15-9-4-3-7(11)5-8(9)10(12)13/h3-5H,2,6H2,1H3,(H,12,13). The van der Waals surface area contributed by atoms with Crippen LogP contribution in [-0.2, 0) is 4.74 Å². The fourth-order valence-electron chi connectivity index (χ4n) is 0.984. The van der Waals surface area contributed by atoms with E-state index in [4.69, 9.17) is 14.6 Å². The van der Waals surface area contributed by atoms with Crippen molar-refractivity contribution < 1.29 is 23.8 Å². The summed E-state index contributed by atoms with van der Waals surface area (Å²) in [6.07, 6.45) is 0. The monoisotopic (exact) mass is 214 g/mol. The first-order valence-corrected chi connectivity index (χ1v) is 4.38. The van der Waals surface area contributed by atoms with Crippen LogP contribution in [0.15, 0.2) is 18.2 Å². The second-order valence-electron chi connectivity index (χ2n) is 2.70. The second kappa shape index (κ2) is 5.31. The molecule has 0 aliphatic heterocycles. The van der Waals surface area contributed by atoms with E-state index in [2.05, 4.69) is 0 Å². The number of halogens is 1. The lowest BCUT2D eigenvalue weighted by molar-refractivity contribution is 0.0213. The Morgan fingerprint density at radius 3 is 2.87 bits per heavy atom. The van der Waals surface area contributed by atoms with Crippen LogP contribution in [0, 0.1) is 5.82 Å². The molecule has 1 N–H and O–H groups in total. The summed E-state index contributed by atoms with van der Waals surface area (Å²) >= 11 is 0. The molecule has 5 heteroatoms. The Balaban J connectivity index is 2.81. The maximum atomic E-state index is 12.7. The number of benzene rings is 1. The SMILES string of the molecule is CCOCOc1ccc(F)cc1C(=O)O. The number of carbonyl (C=O) groups is 1. The van der Waals surface area contributed by atoms with Gasteiger partial charge in [-0.1, -0.05) is 0 Å². The van der Waals surface area contributed by atoms with Gasteiger partial charge in [-0.3, -0.25) is 0 Å². The molecule has 0 saturated carbocycles. The van der Waals surface area contributed by atoms with Gasteiger partial charge in [0.1, 0.15) is 17.1 Å². The third-order valence-corrected chi connectivity index (χ3v) is 1.67. The molecule has 0 aliphatic rings. The summed E-state index contributed by atoms with van der Waals surface area (Å²) in [4.78, 5) is 10.7. The Morgan fingerprint density at radius 1 is 1.53 bits per heavy atom. The van der Waals surface area contributed by atoms with Gasteiger partial charge < -0.3 is 14.6 Å². The average Bonchev–Trinajstić information content (AvgIpc) is 2.20. The van der Waals surface area contributed by atoms with E-state index < -0.39 is 11.8 Å². The fraction of sp³-hybridized carbons (Fsp3) is 0.300. The van der Waals surface area contributed by atoms with Crippen LogP contribution < -0.4 is 4.74 Å². The molecule has 0 aliphatic carbocycles. The lowest BCUT2D eigenvalue weighted by atomic mass is 10.2. The van der Waals surface area contributed by atoms with E-state index in [0.717, 1.165) is 12.1 Å². The van der Waals surface area contributed by atoms with E-state index >= 15 is 0 Å². The molecule has 0 radical (unpaired) electrons. The highest BCUT2D eigenvalue weighted by molar-refractivity contribution is 5.90. The minimum Gasteiger partial charge on any atom is -0.478 e. The summed E-state index contributed by atoms with van der Waals surface area (Å²) in [6, 6.07) is 3.30. The van der Waals surface area contributed by atoms with Gasteiger partial charge in [-0.25, -0.2) is 9.18 Å². The van der Waals surface area contributed by atoms with Gasteiger partial charge >= 0.3 is 5.97 Å². The van der Waals surface area contributed by atoms with Crippen molar-refractivity contribution in [3.8, 4) is 5.75 Å². The third kappa shape index (κ3) is 3.21. The Morgan fingerprint density at radius 2 is 2.27 bits per heavy atom.